The second-order valence-electron chi connectivity index (χ2n) is 3.68. The standard InChI is InChI=1S/C11H15N3S/c1-3-7(2)10-9(11(12)14-13-10)8-5-4-6-15-8/h4-7H,3H2,1-2H3,(H3,12,13,14). The molecule has 0 aliphatic rings. The summed E-state index contributed by atoms with van der Waals surface area (Å²) in [5, 5.41) is 9.20. The number of nitrogens with zero attached hydrogens (tertiary/aromatic N) is 1. The fourth-order valence-corrected chi connectivity index (χ4v) is 2.40. The van der Waals surface area contributed by atoms with Gasteiger partial charge in [-0.2, -0.15) is 5.10 Å². The van der Waals surface area contributed by atoms with Crippen LogP contribution in [0.2, 0.25) is 0 Å². The number of hydrogen-bond donors (Lipinski definition) is 2. The van der Waals surface area contributed by atoms with Crippen molar-refractivity contribution in [2.24, 2.45) is 0 Å². The highest BCUT2D eigenvalue weighted by atomic mass is 32.1. The summed E-state index contributed by atoms with van der Waals surface area (Å²) >= 11 is 1.70. The molecule has 0 aromatic carbocycles. The van der Waals surface area contributed by atoms with Crippen LogP contribution >= 0.6 is 11.3 Å². The Balaban J connectivity index is 2.50. The molecule has 4 heteroatoms. The van der Waals surface area contributed by atoms with Crippen LogP contribution in [-0.4, -0.2) is 10.2 Å². The van der Waals surface area contributed by atoms with E-state index in [1.165, 1.54) is 4.88 Å². The van der Waals surface area contributed by atoms with Crippen molar-refractivity contribution in [2.45, 2.75) is 26.2 Å². The van der Waals surface area contributed by atoms with Crippen LogP contribution in [0, 0.1) is 0 Å². The molecule has 2 aromatic heterocycles. The number of nitrogen functional groups attached to an aromatic ring is 1. The number of H-pyrrole nitrogens is 1. The second-order valence-corrected chi connectivity index (χ2v) is 4.63. The second kappa shape index (κ2) is 4.06. The Bertz CT molecular complexity index is 431. The molecule has 0 spiro atoms. The summed E-state index contributed by atoms with van der Waals surface area (Å²) in [5.41, 5.74) is 8.12. The molecule has 0 fully saturated rings. The van der Waals surface area contributed by atoms with Gasteiger partial charge in [-0.3, -0.25) is 5.10 Å². The summed E-state index contributed by atoms with van der Waals surface area (Å²) < 4.78 is 0. The molecule has 3 N–H and O–H groups in total. The minimum Gasteiger partial charge on any atom is -0.382 e. The lowest BCUT2D eigenvalue weighted by Gasteiger charge is -2.08. The average Bonchev–Trinajstić information content (AvgIpc) is 2.85. The number of nitrogens with two attached hydrogens (primary N) is 1. The van der Waals surface area contributed by atoms with Gasteiger partial charge >= 0.3 is 0 Å². The van der Waals surface area contributed by atoms with Crippen molar-refractivity contribution in [1.82, 2.24) is 10.2 Å². The summed E-state index contributed by atoms with van der Waals surface area (Å²) in [6.45, 7) is 4.35. The van der Waals surface area contributed by atoms with Gasteiger partial charge in [-0.1, -0.05) is 19.9 Å². The van der Waals surface area contributed by atoms with Crippen LogP contribution in [0.5, 0.6) is 0 Å². The molecule has 15 heavy (non-hydrogen) atoms. The van der Waals surface area contributed by atoms with E-state index in [1.54, 1.807) is 11.3 Å². The number of aromatic nitrogens is 2. The highest BCUT2D eigenvalue weighted by Gasteiger charge is 2.17. The van der Waals surface area contributed by atoms with E-state index in [1.807, 2.05) is 6.07 Å². The van der Waals surface area contributed by atoms with Gasteiger partial charge in [-0.05, 0) is 23.8 Å². The molecular weight excluding hydrogens is 206 g/mol. The minimum absolute atomic E-state index is 0.465. The smallest absolute Gasteiger partial charge is 0.154 e. The van der Waals surface area contributed by atoms with Crippen LogP contribution in [0.4, 0.5) is 5.82 Å². The molecule has 0 amide bonds. The third-order valence-corrected chi connectivity index (χ3v) is 3.58. The van der Waals surface area contributed by atoms with Crippen LogP contribution in [0.15, 0.2) is 17.5 Å². The number of thiophene rings is 1. The van der Waals surface area contributed by atoms with E-state index in [9.17, 15) is 0 Å². The number of aromatic amines is 1. The first kappa shape index (κ1) is 10.2. The maximum atomic E-state index is 5.89. The van der Waals surface area contributed by atoms with Crippen molar-refractivity contribution in [1.29, 1.82) is 0 Å². The topological polar surface area (TPSA) is 54.7 Å². The highest BCUT2D eigenvalue weighted by Crippen LogP contribution is 2.35. The fraction of sp³-hybridized carbons (Fsp3) is 0.364. The van der Waals surface area contributed by atoms with E-state index in [0.29, 0.717) is 11.7 Å². The quantitative estimate of drug-likeness (QED) is 0.836. The number of nitrogens with one attached hydrogen (secondary N) is 1. The van der Waals surface area contributed by atoms with Gasteiger partial charge in [0.2, 0.25) is 0 Å². The predicted octanol–water partition coefficient (Wildman–Crippen LogP) is 3.23. The van der Waals surface area contributed by atoms with Crippen LogP contribution in [-0.2, 0) is 0 Å². The maximum Gasteiger partial charge on any atom is 0.154 e. The molecule has 0 saturated heterocycles. The molecule has 2 aromatic rings. The summed E-state index contributed by atoms with van der Waals surface area (Å²) in [6.07, 6.45) is 1.08. The summed E-state index contributed by atoms with van der Waals surface area (Å²) in [4.78, 5) is 1.19. The summed E-state index contributed by atoms with van der Waals surface area (Å²) in [6, 6.07) is 4.12. The molecule has 0 aliphatic heterocycles. The van der Waals surface area contributed by atoms with Crippen molar-refractivity contribution < 1.29 is 0 Å². The lowest BCUT2D eigenvalue weighted by atomic mass is 10.0. The third kappa shape index (κ3) is 1.77. The Morgan fingerprint density at radius 1 is 1.60 bits per heavy atom. The third-order valence-electron chi connectivity index (χ3n) is 2.70. The van der Waals surface area contributed by atoms with E-state index in [2.05, 4.69) is 35.5 Å². The van der Waals surface area contributed by atoms with E-state index < -0.39 is 0 Å². The Morgan fingerprint density at radius 2 is 2.40 bits per heavy atom. The van der Waals surface area contributed by atoms with Gasteiger partial charge in [0.25, 0.3) is 0 Å². The first-order valence-electron chi connectivity index (χ1n) is 5.11. The Kier molecular flexibility index (Phi) is 2.77. The SMILES string of the molecule is CCC(C)c1[nH]nc(N)c1-c1cccs1. The largest absolute Gasteiger partial charge is 0.382 e. The van der Waals surface area contributed by atoms with Gasteiger partial charge < -0.3 is 5.73 Å². The van der Waals surface area contributed by atoms with E-state index in [-0.39, 0.29) is 0 Å². The van der Waals surface area contributed by atoms with Crippen LogP contribution < -0.4 is 5.73 Å². The average molecular weight is 221 g/mol. The van der Waals surface area contributed by atoms with Crippen molar-refractivity contribution in [2.75, 3.05) is 5.73 Å². The molecular formula is C11H15N3S. The van der Waals surface area contributed by atoms with Crippen LogP contribution in [0.3, 0.4) is 0 Å². The summed E-state index contributed by atoms with van der Waals surface area (Å²) in [5.74, 6) is 1.07. The zero-order chi connectivity index (χ0) is 10.8. The van der Waals surface area contributed by atoms with Gasteiger partial charge in [-0.15, -0.1) is 11.3 Å². The van der Waals surface area contributed by atoms with Crippen molar-refractivity contribution in [3.63, 3.8) is 0 Å². The number of rotatable bonds is 3. The van der Waals surface area contributed by atoms with E-state index >= 15 is 0 Å². The zero-order valence-electron chi connectivity index (χ0n) is 8.95. The van der Waals surface area contributed by atoms with Gasteiger partial charge in [0.05, 0.1) is 5.56 Å². The Morgan fingerprint density at radius 3 is 3.00 bits per heavy atom. The molecule has 1 unspecified atom stereocenters. The minimum atomic E-state index is 0.465. The summed E-state index contributed by atoms with van der Waals surface area (Å²) in [7, 11) is 0. The molecule has 0 radical (unpaired) electrons. The fourth-order valence-electron chi connectivity index (χ4n) is 1.61. The maximum absolute atomic E-state index is 5.89. The van der Waals surface area contributed by atoms with E-state index in [0.717, 1.165) is 17.7 Å². The van der Waals surface area contributed by atoms with Crippen LogP contribution in [0.25, 0.3) is 10.4 Å². The van der Waals surface area contributed by atoms with Gasteiger partial charge in [0, 0.05) is 10.6 Å². The van der Waals surface area contributed by atoms with Gasteiger partial charge in [-0.25, -0.2) is 0 Å². The van der Waals surface area contributed by atoms with Crippen molar-refractivity contribution in [3.8, 4) is 10.4 Å². The molecule has 3 nitrogen and oxygen atoms in total. The van der Waals surface area contributed by atoms with Crippen molar-refractivity contribution >= 4 is 17.2 Å². The lowest BCUT2D eigenvalue weighted by Crippen LogP contribution is -1.94. The van der Waals surface area contributed by atoms with Crippen molar-refractivity contribution in [3.05, 3.63) is 23.2 Å². The lowest BCUT2D eigenvalue weighted by molar-refractivity contribution is 0.705. The number of hydrogen-bond acceptors (Lipinski definition) is 3. The Hall–Kier alpha value is -1.29. The van der Waals surface area contributed by atoms with Crippen LogP contribution in [0.1, 0.15) is 31.9 Å². The first-order valence-corrected chi connectivity index (χ1v) is 5.99. The molecule has 2 rings (SSSR count). The highest BCUT2D eigenvalue weighted by molar-refractivity contribution is 7.13. The molecule has 80 valence electrons. The molecule has 0 aliphatic carbocycles. The number of anilines is 1. The van der Waals surface area contributed by atoms with E-state index in [4.69, 9.17) is 5.73 Å². The van der Waals surface area contributed by atoms with Gasteiger partial charge in [0.1, 0.15) is 0 Å². The van der Waals surface area contributed by atoms with Gasteiger partial charge in [0.15, 0.2) is 5.82 Å². The molecule has 0 bridgehead atoms. The zero-order valence-corrected chi connectivity index (χ0v) is 9.77. The molecule has 0 saturated carbocycles. The molecule has 1 atom stereocenters. The first-order chi connectivity index (χ1) is 7.24. The monoisotopic (exact) mass is 221 g/mol. The normalized spacial score (nSPS) is 12.9. The predicted molar refractivity (Wildman–Crippen MR) is 65.0 cm³/mol. The Labute approximate surface area is 93.3 Å². The molecule has 2 heterocycles.